The number of methoxy groups -OCH3 is 2. The van der Waals surface area contributed by atoms with Crippen LogP contribution in [0.15, 0.2) is 54.6 Å². The summed E-state index contributed by atoms with van der Waals surface area (Å²) in [5, 5.41) is 0. The summed E-state index contributed by atoms with van der Waals surface area (Å²) in [6.07, 6.45) is 2.83. The highest BCUT2D eigenvalue weighted by Gasteiger charge is 2.19. The third-order valence-corrected chi connectivity index (χ3v) is 5.83. The van der Waals surface area contributed by atoms with E-state index in [1.54, 1.807) is 14.2 Å². The molecule has 0 radical (unpaired) electrons. The number of benzene rings is 2. The lowest BCUT2D eigenvalue weighted by molar-refractivity contribution is 0.254. The van der Waals surface area contributed by atoms with Crippen molar-refractivity contribution in [3.05, 3.63) is 77.0 Å². The van der Waals surface area contributed by atoms with Crippen LogP contribution in [0.3, 0.4) is 0 Å². The van der Waals surface area contributed by atoms with E-state index in [4.69, 9.17) is 19.2 Å². The van der Waals surface area contributed by atoms with Crippen LogP contribution in [0.2, 0.25) is 0 Å². The van der Waals surface area contributed by atoms with E-state index < -0.39 is 0 Å². The number of pyridine rings is 1. The predicted molar refractivity (Wildman–Crippen MR) is 122 cm³/mol. The molecule has 0 aliphatic carbocycles. The molecule has 4 rings (SSSR count). The van der Waals surface area contributed by atoms with Crippen LogP contribution in [0, 0.1) is 0 Å². The molecule has 5 heteroatoms. The van der Waals surface area contributed by atoms with E-state index in [1.807, 2.05) is 30.3 Å². The maximum atomic E-state index is 6.08. The van der Waals surface area contributed by atoms with Gasteiger partial charge >= 0.3 is 0 Å². The molecule has 0 atom stereocenters. The summed E-state index contributed by atoms with van der Waals surface area (Å²) in [4.78, 5) is 7.20. The van der Waals surface area contributed by atoms with Gasteiger partial charge in [-0.15, -0.1) is 0 Å². The Morgan fingerprint density at radius 1 is 0.903 bits per heavy atom. The normalized spacial score (nSPS) is 13.5. The van der Waals surface area contributed by atoms with Crippen molar-refractivity contribution in [1.29, 1.82) is 0 Å². The topological polar surface area (TPSA) is 43.8 Å². The number of fused-ring (bicyclic) bond motifs is 1. The Bertz CT molecular complexity index is 1030. The first-order valence-electron chi connectivity index (χ1n) is 10.9. The number of ether oxygens (including phenoxy) is 3. The zero-order valence-corrected chi connectivity index (χ0v) is 18.6. The Balaban J connectivity index is 1.39. The maximum absolute atomic E-state index is 6.08. The van der Waals surface area contributed by atoms with E-state index in [9.17, 15) is 0 Å². The molecule has 0 fully saturated rings. The number of para-hydroxylation sites is 1. The van der Waals surface area contributed by atoms with Gasteiger partial charge in [-0.3, -0.25) is 4.90 Å². The first kappa shape index (κ1) is 21.2. The summed E-state index contributed by atoms with van der Waals surface area (Å²) in [7, 11) is 3.37. The van der Waals surface area contributed by atoms with E-state index in [0.29, 0.717) is 5.88 Å². The molecule has 1 aromatic heterocycles. The van der Waals surface area contributed by atoms with Crippen LogP contribution in [0.1, 0.15) is 29.3 Å². The lowest BCUT2D eigenvalue weighted by atomic mass is 9.98. The van der Waals surface area contributed by atoms with Crippen molar-refractivity contribution in [2.75, 3.05) is 27.3 Å². The number of hydrogen-bond acceptors (Lipinski definition) is 5. The molecule has 0 saturated heterocycles. The molecule has 2 heterocycles. The number of rotatable bonds is 8. The molecule has 0 N–H and O–H groups in total. The van der Waals surface area contributed by atoms with E-state index in [1.165, 1.54) is 16.7 Å². The van der Waals surface area contributed by atoms with Gasteiger partial charge in [0.2, 0.25) is 5.88 Å². The van der Waals surface area contributed by atoms with Crippen molar-refractivity contribution in [3.63, 3.8) is 0 Å². The standard InChI is InChI=1S/C26H30N2O3/c1-4-19-8-5-6-10-23(19)31-26-11-7-9-22(27-26)13-15-28-14-12-20-16-24(29-2)25(30-3)17-21(20)18-28/h5-11,16-17H,4,12-15,18H2,1-3H3. The molecular weight excluding hydrogens is 388 g/mol. The van der Waals surface area contributed by atoms with Gasteiger partial charge in [0.15, 0.2) is 11.5 Å². The Hall–Kier alpha value is -3.05. The van der Waals surface area contributed by atoms with Gasteiger partial charge in [-0.2, -0.15) is 0 Å². The van der Waals surface area contributed by atoms with E-state index in [-0.39, 0.29) is 0 Å². The van der Waals surface area contributed by atoms with Gasteiger partial charge in [0.25, 0.3) is 0 Å². The lowest BCUT2D eigenvalue weighted by Crippen LogP contribution is -2.32. The van der Waals surface area contributed by atoms with E-state index in [2.05, 4.69) is 36.1 Å². The molecule has 2 aromatic carbocycles. The fourth-order valence-electron chi connectivity index (χ4n) is 4.07. The largest absolute Gasteiger partial charge is 0.493 e. The van der Waals surface area contributed by atoms with Crippen LogP contribution >= 0.6 is 0 Å². The van der Waals surface area contributed by atoms with Gasteiger partial charge in [0, 0.05) is 37.8 Å². The van der Waals surface area contributed by atoms with Gasteiger partial charge in [0.05, 0.1) is 14.2 Å². The molecule has 0 unspecified atom stereocenters. The SMILES string of the molecule is CCc1ccccc1Oc1cccc(CCN2CCc3cc(OC)c(OC)cc3C2)n1. The molecule has 0 bridgehead atoms. The van der Waals surface area contributed by atoms with Crippen LogP contribution in [0.25, 0.3) is 0 Å². The minimum Gasteiger partial charge on any atom is -0.493 e. The second-order valence-corrected chi connectivity index (χ2v) is 7.78. The summed E-state index contributed by atoms with van der Waals surface area (Å²) in [6.45, 7) is 5.03. The molecule has 0 saturated carbocycles. The average Bonchev–Trinajstić information content (AvgIpc) is 2.82. The molecule has 31 heavy (non-hydrogen) atoms. The van der Waals surface area contributed by atoms with Crippen molar-refractivity contribution in [2.24, 2.45) is 0 Å². The second-order valence-electron chi connectivity index (χ2n) is 7.78. The molecule has 1 aliphatic heterocycles. The highest BCUT2D eigenvalue weighted by Crippen LogP contribution is 2.33. The van der Waals surface area contributed by atoms with Crippen LogP contribution in [-0.2, 0) is 25.8 Å². The minimum atomic E-state index is 0.652. The molecule has 162 valence electrons. The maximum Gasteiger partial charge on any atom is 0.219 e. The molecule has 3 aromatic rings. The summed E-state index contributed by atoms with van der Waals surface area (Å²) in [6, 6.07) is 18.4. The Morgan fingerprint density at radius 2 is 1.68 bits per heavy atom. The number of hydrogen-bond donors (Lipinski definition) is 0. The van der Waals surface area contributed by atoms with Crippen molar-refractivity contribution in [2.45, 2.75) is 32.7 Å². The summed E-state index contributed by atoms with van der Waals surface area (Å²) >= 11 is 0. The Kier molecular flexibility index (Phi) is 6.73. The highest BCUT2D eigenvalue weighted by molar-refractivity contribution is 5.48. The lowest BCUT2D eigenvalue weighted by Gasteiger charge is -2.29. The van der Waals surface area contributed by atoms with Gasteiger partial charge in [-0.1, -0.05) is 31.2 Å². The van der Waals surface area contributed by atoms with Gasteiger partial charge in [-0.25, -0.2) is 4.98 Å². The van der Waals surface area contributed by atoms with Gasteiger partial charge in [-0.05, 0) is 53.8 Å². The van der Waals surface area contributed by atoms with Crippen LogP contribution in [0.4, 0.5) is 0 Å². The highest BCUT2D eigenvalue weighted by atomic mass is 16.5. The van der Waals surface area contributed by atoms with Crippen molar-refractivity contribution in [3.8, 4) is 23.1 Å². The second kappa shape index (κ2) is 9.84. The van der Waals surface area contributed by atoms with Crippen molar-refractivity contribution >= 4 is 0 Å². The average molecular weight is 419 g/mol. The van der Waals surface area contributed by atoms with Crippen LogP contribution in [-0.4, -0.2) is 37.2 Å². The smallest absolute Gasteiger partial charge is 0.219 e. The van der Waals surface area contributed by atoms with E-state index >= 15 is 0 Å². The first-order valence-corrected chi connectivity index (χ1v) is 10.9. The third-order valence-electron chi connectivity index (χ3n) is 5.83. The van der Waals surface area contributed by atoms with Gasteiger partial charge in [0.1, 0.15) is 5.75 Å². The van der Waals surface area contributed by atoms with Gasteiger partial charge < -0.3 is 14.2 Å². The van der Waals surface area contributed by atoms with Crippen LogP contribution < -0.4 is 14.2 Å². The number of aryl methyl sites for hydroxylation is 1. The summed E-state index contributed by atoms with van der Waals surface area (Å²) in [5.41, 5.74) is 4.89. The minimum absolute atomic E-state index is 0.652. The number of nitrogens with zero attached hydrogens (tertiary/aromatic N) is 2. The quantitative estimate of drug-likeness (QED) is 0.512. The molecule has 1 aliphatic rings. The van der Waals surface area contributed by atoms with Crippen molar-refractivity contribution in [1.82, 2.24) is 9.88 Å². The zero-order chi connectivity index (χ0) is 21.6. The monoisotopic (exact) mass is 418 g/mol. The summed E-state index contributed by atoms with van der Waals surface area (Å²) < 4.78 is 17.0. The Morgan fingerprint density at radius 3 is 2.45 bits per heavy atom. The molecule has 0 spiro atoms. The molecular formula is C26H30N2O3. The number of aromatic nitrogens is 1. The first-order chi connectivity index (χ1) is 15.2. The van der Waals surface area contributed by atoms with Crippen LogP contribution in [0.5, 0.6) is 23.1 Å². The zero-order valence-electron chi connectivity index (χ0n) is 18.6. The molecule has 5 nitrogen and oxygen atoms in total. The predicted octanol–water partition coefficient (Wildman–Crippen LogP) is 5.05. The fourth-order valence-corrected chi connectivity index (χ4v) is 4.07. The fraction of sp³-hybridized carbons (Fsp3) is 0.346. The third kappa shape index (κ3) is 5.00. The van der Waals surface area contributed by atoms with Crippen molar-refractivity contribution < 1.29 is 14.2 Å². The Labute approximate surface area is 184 Å². The van der Waals surface area contributed by atoms with E-state index in [0.717, 1.165) is 61.8 Å². The summed E-state index contributed by atoms with van der Waals surface area (Å²) in [5.74, 6) is 3.13. The molecule has 0 amide bonds.